The number of anilines is 1. The highest BCUT2D eigenvalue weighted by molar-refractivity contribution is 5.97. The first-order valence-electron chi connectivity index (χ1n) is 7.93. The summed E-state index contributed by atoms with van der Waals surface area (Å²) in [5.41, 5.74) is 5.06. The molecule has 0 fully saturated rings. The fourth-order valence-electron chi connectivity index (χ4n) is 3.13. The van der Waals surface area contributed by atoms with Crippen molar-refractivity contribution in [3.05, 3.63) is 65.4 Å². The lowest BCUT2D eigenvalue weighted by molar-refractivity contribution is -0.117. The molecule has 0 radical (unpaired) electrons. The molecule has 0 aliphatic rings. The molecule has 0 aliphatic carbocycles. The van der Waals surface area contributed by atoms with Crippen molar-refractivity contribution in [2.75, 3.05) is 11.4 Å². The predicted molar refractivity (Wildman–Crippen MR) is 93.9 cm³/mol. The van der Waals surface area contributed by atoms with Crippen molar-refractivity contribution in [3.63, 3.8) is 0 Å². The molecule has 1 amide bonds. The molecule has 0 aliphatic heterocycles. The van der Waals surface area contributed by atoms with Crippen molar-refractivity contribution in [1.82, 2.24) is 0 Å². The van der Waals surface area contributed by atoms with Crippen molar-refractivity contribution in [3.8, 4) is 0 Å². The van der Waals surface area contributed by atoms with E-state index in [0.29, 0.717) is 13.0 Å². The second-order valence-electron chi connectivity index (χ2n) is 5.87. The van der Waals surface area contributed by atoms with Crippen LogP contribution in [0, 0.1) is 13.8 Å². The van der Waals surface area contributed by atoms with Crippen LogP contribution in [0.3, 0.4) is 0 Å². The van der Waals surface area contributed by atoms with Gasteiger partial charge in [-0.05, 0) is 50.1 Å². The van der Waals surface area contributed by atoms with Gasteiger partial charge in [-0.2, -0.15) is 0 Å². The Kier molecular flexibility index (Phi) is 4.20. The monoisotopic (exact) mass is 307 g/mol. The first kappa shape index (κ1) is 15.3. The molecule has 3 rings (SSSR count). The topological polar surface area (TPSA) is 33.5 Å². The number of carbonyl (C=O) groups excluding carboxylic acids is 1. The van der Waals surface area contributed by atoms with Crippen molar-refractivity contribution in [1.29, 1.82) is 0 Å². The number of nitrogens with zero attached hydrogens (tertiary/aromatic N) is 1. The van der Waals surface area contributed by atoms with E-state index in [1.165, 1.54) is 5.56 Å². The fourth-order valence-corrected chi connectivity index (χ4v) is 3.13. The van der Waals surface area contributed by atoms with Crippen LogP contribution in [0.15, 0.2) is 53.1 Å². The van der Waals surface area contributed by atoms with Gasteiger partial charge in [0.1, 0.15) is 5.58 Å². The smallest absolute Gasteiger partial charge is 0.231 e. The Labute approximate surface area is 136 Å². The Morgan fingerprint density at radius 1 is 1.13 bits per heavy atom. The summed E-state index contributed by atoms with van der Waals surface area (Å²) in [6.45, 7) is 6.76. The zero-order valence-electron chi connectivity index (χ0n) is 13.8. The normalized spacial score (nSPS) is 10.9. The lowest BCUT2D eigenvalue weighted by atomic mass is 10.0. The van der Waals surface area contributed by atoms with Gasteiger partial charge in [0, 0.05) is 23.2 Å². The quantitative estimate of drug-likeness (QED) is 0.703. The maximum Gasteiger partial charge on any atom is 0.231 e. The van der Waals surface area contributed by atoms with Gasteiger partial charge in [-0.15, -0.1) is 0 Å². The van der Waals surface area contributed by atoms with Crippen LogP contribution in [0.4, 0.5) is 5.69 Å². The highest BCUT2D eigenvalue weighted by atomic mass is 16.3. The number of para-hydroxylation sites is 1. The average molecular weight is 307 g/mol. The third-order valence-corrected chi connectivity index (χ3v) is 4.12. The second-order valence-corrected chi connectivity index (χ2v) is 5.87. The summed E-state index contributed by atoms with van der Waals surface area (Å²) in [5.74, 6) is 0.0846. The Bertz CT molecular complexity index is 833. The number of fused-ring (bicyclic) bond motifs is 1. The number of hydrogen-bond donors (Lipinski definition) is 0. The summed E-state index contributed by atoms with van der Waals surface area (Å²) in [5, 5.41) is 1.06. The molecule has 0 bridgehead atoms. The maximum absolute atomic E-state index is 12.7. The highest BCUT2D eigenvalue weighted by Crippen LogP contribution is 2.27. The summed E-state index contributed by atoms with van der Waals surface area (Å²) in [7, 11) is 0. The molecule has 0 spiro atoms. The Hall–Kier alpha value is -2.55. The highest BCUT2D eigenvalue weighted by Gasteiger charge is 2.18. The lowest BCUT2D eigenvalue weighted by Crippen LogP contribution is -2.31. The number of carbonyl (C=O) groups is 1. The molecule has 0 saturated heterocycles. The molecule has 0 atom stereocenters. The molecule has 3 aromatic rings. The average Bonchev–Trinajstić information content (AvgIpc) is 2.92. The number of furan rings is 1. The van der Waals surface area contributed by atoms with Gasteiger partial charge in [0.25, 0.3) is 0 Å². The van der Waals surface area contributed by atoms with Crippen LogP contribution < -0.4 is 4.90 Å². The first-order chi connectivity index (χ1) is 11.1. The summed E-state index contributed by atoms with van der Waals surface area (Å²) < 4.78 is 5.66. The van der Waals surface area contributed by atoms with E-state index in [2.05, 4.69) is 13.0 Å². The number of rotatable bonds is 4. The molecule has 0 N–H and O–H groups in total. The van der Waals surface area contributed by atoms with E-state index in [9.17, 15) is 4.79 Å². The van der Waals surface area contributed by atoms with Gasteiger partial charge in [0.2, 0.25) is 5.91 Å². The van der Waals surface area contributed by atoms with E-state index in [4.69, 9.17) is 4.42 Å². The van der Waals surface area contributed by atoms with E-state index in [0.717, 1.165) is 27.8 Å². The fraction of sp³-hybridized carbons (Fsp3) is 0.250. The van der Waals surface area contributed by atoms with Crippen molar-refractivity contribution >= 4 is 22.6 Å². The Morgan fingerprint density at radius 3 is 2.57 bits per heavy atom. The Balaban J connectivity index is 1.91. The molecule has 3 nitrogen and oxygen atoms in total. The minimum atomic E-state index is 0.0846. The van der Waals surface area contributed by atoms with Gasteiger partial charge in [-0.3, -0.25) is 4.79 Å². The van der Waals surface area contributed by atoms with Gasteiger partial charge in [0.05, 0.1) is 12.7 Å². The van der Waals surface area contributed by atoms with Crippen LogP contribution >= 0.6 is 0 Å². The van der Waals surface area contributed by atoms with E-state index in [1.54, 1.807) is 6.26 Å². The Morgan fingerprint density at radius 2 is 1.87 bits per heavy atom. The number of benzene rings is 2. The van der Waals surface area contributed by atoms with Crippen LogP contribution in [0.1, 0.15) is 23.6 Å². The van der Waals surface area contributed by atoms with E-state index in [-0.39, 0.29) is 5.91 Å². The van der Waals surface area contributed by atoms with Crippen molar-refractivity contribution in [2.45, 2.75) is 27.2 Å². The molecule has 0 unspecified atom stereocenters. The third kappa shape index (κ3) is 3.00. The number of likely N-dealkylation sites (N-methyl/N-ethyl adjacent to an activating group) is 1. The predicted octanol–water partition coefficient (Wildman–Crippen LogP) is 4.65. The maximum atomic E-state index is 12.7. The van der Waals surface area contributed by atoms with Gasteiger partial charge in [-0.25, -0.2) is 0 Å². The summed E-state index contributed by atoms with van der Waals surface area (Å²) in [6, 6.07) is 13.9. The number of amides is 1. The van der Waals surface area contributed by atoms with E-state index < -0.39 is 0 Å². The zero-order chi connectivity index (χ0) is 16.4. The molecule has 3 heteroatoms. The van der Waals surface area contributed by atoms with Crippen LogP contribution in [0.2, 0.25) is 0 Å². The third-order valence-electron chi connectivity index (χ3n) is 4.12. The van der Waals surface area contributed by atoms with Gasteiger partial charge in [-0.1, -0.05) is 24.3 Å². The molecular weight excluding hydrogens is 286 g/mol. The first-order valence-corrected chi connectivity index (χ1v) is 7.93. The van der Waals surface area contributed by atoms with Crippen LogP contribution in [0.5, 0.6) is 0 Å². The molecule has 1 heterocycles. The zero-order valence-corrected chi connectivity index (χ0v) is 13.8. The molecule has 1 aromatic heterocycles. The summed E-state index contributed by atoms with van der Waals surface area (Å²) in [4.78, 5) is 14.6. The standard InChI is InChI=1S/C20H21NO2/c1-4-21(17-8-6-5-7-9-17)19(22)12-16-13-23-18-11-14(2)10-15(3)20(16)18/h5-11,13H,4,12H2,1-3H3. The molecule has 118 valence electrons. The molecule has 23 heavy (non-hydrogen) atoms. The molecule has 2 aromatic carbocycles. The largest absolute Gasteiger partial charge is 0.464 e. The van der Waals surface area contributed by atoms with Gasteiger partial charge < -0.3 is 9.32 Å². The lowest BCUT2D eigenvalue weighted by Gasteiger charge is -2.20. The molecular formula is C20H21NO2. The van der Waals surface area contributed by atoms with Crippen LogP contribution in [-0.4, -0.2) is 12.5 Å². The number of aryl methyl sites for hydroxylation is 2. The van der Waals surface area contributed by atoms with Crippen molar-refractivity contribution < 1.29 is 9.21 Å². The van der Waals surface area contributed by atoms with Gasteiger partial charge >= 0.3 is 0 Å². The SMILES string of the molecule is CCN(C(=O)Cc1coc2cc(C)cc(C)c12)c1ccccc1. The van der Waals surface area contributed by atoms with Crippen molar-refractivity contribution in [2.24, 2.45) is 0 Å². The molecule has 0 saturated carbocycles. The minimum Gasteiger partial charge on any atom is -0.464 e. The second kappa shape index (κ2) is 6.29. The van der Waals surface area contributed by atoms with Gasteiger partial charge in [0.15, 0.2) is 0 Å². The van der Waals surface area contributed by atoms with Crippen LogP contribution in [-0.2, 0) is 11.2 Å². The van der Waals surface area contributed by atoms with Crippen LogP contribution in [0.25, 0.3) is 11.0 Å². The van der Waals surface area contributed by atoms with E-state index in [1.807, 2.05) is 55.1 Å². The summed E-state index contributed by atoms with van der Waals surface area (Å²) in [6.07, 6.45) is 2.06. The number of hydrogen-bond acceptors (Lipinski definition) is 2. The summed E-state index contributed by atoms with van der Waals surface area (Å²) >= 11 is 0. The minimum absolute atomic E-state index is 0.0846. The van der Waals surface area contributed by atoms with E-state index >= 15 is 0 Å².